The number of anilines is 1. The summed E-state index contributed by atoms with van der Waals surface area (Å²) in [6.07, 6.45) is 5.82. The summed E-state index contributed by atoms with van der Waals surface area (Å²) in [5.41, 5.74) is 14.6. The molecule has 3 aromatic rings. The van der Waals surface area contributed by atoms with E-state index in [4.69, 9.17) is 16.5 Å². The molecule has 1 aliphatic heterocycles. The standard InChI is InChI=1S/C29H38N8O/c1-19-11-12-23-22(17-19)26(34-24-9-5-6-10-25(24)35-29(30)31)36-27(33-23)28(38)32-21-13-15-37(16-14-21)18-20-7-3-2-4-8-20/h2-4,7-8,11-12,17,21,24-25H,5-6,9-10,13-16,18H2,1H3,(H,32,38)(H4,30,31,35)(H,33,34,36). The minimum Gasteiger partial charge on any atom is -0.370 e. The van der Waals surface area contributed by atoms with Crippen LogP contribution in [-0.4, -0.2) is 57.9 Å². The number of hydrogen-bond acceptors (Lipinski definition) is 6. The lowest BCUT2D eigenvalue weighted by Gasteiger charge is -2.32. The molecule has 9 heteroatoms. The number of carbonyl (C=O) groups excluding carboxylic acids is 1. The Balaban J connectivity index is 1.30. The normalized spacial score (nSPS) is 20.7. The minimum absolute atomic E-state index is 0.0260. The molecule has 5 rings (SSSR count). The number of benzene rings is 2. The fourth-order valence-corrected chi connectivity index (χ4v) is 5.58. The first-order valence-corrected chi connectivity index (χ1v) is 13.7. The van der Waals surface area contributed by atoms with Crippen molar-refractivity contribution in [2.75, 3.05) is 18.4 Å². The predicted molar refractivity (Wildman–Crippen MR) is 152 cm³/mol. The van der Waals surface area contributed by atoms with Crippen LogP contribution in [0.25, 0.3) is 10.9 Å². The van der Waals surface area contributed by atoms with Crippen molar-refractivity contribution in [1.29, 1.82) is 0 Å². The van der Waals surface area contributed by atoms with Crippen molar-refractivity contribution in [3.63, 3.8) is 0 Å². The molecule has 38 heavy (non-hydrogen) atoms. The van der Waals surface area contributed by atoms with E-state index in [1.54, 1.807) is 0 Å². The zero-order valence-electron chi connectivity index (χ0n) is 22.1. The average molecular weight is 515 g/mol. The minimum atomic E-state index is -0.235. The zero-order valence-corrected chi connectivity index (χ0v) is 22.1. The third-order valence-corrected chi connectivity index (χ3v) is 7.59. The van der Waals surface area contributed by atoms with Crippen LogP contribution < -0.4 is 22.1 Å². The molecule has 1 amide bonds. The monoisotopic (exact) mass is 514 g/mol. The maximum Gasteiger partial charge on any atom is 0.289 e. The quantitative estimate of drug-likeness (QED) is 0.281. The molecule has 1 aromatic heterocycles. The lowest BCUT2D eigenvalue weighted by molar-refractivity contribution is 0.0899. The van der Waals surface area contributed by atoms with E-state index in [2.05, 4.69) is 55.8 Å². The molecule has 2 heterocycles. The molecule has 9 nitrogen and oxygen atoms in total. The summed E-state index contributed by atoms with van der Waals surface area (Å²) in [6.45, 7) is 4.86. The van der Waals surface area contributed by atoms with Gasteiger partial charge in [0.2, 0.25) is 5.82 Å². The molecule has 200 valence electrons. The summed E-state index contributed by atoms with van der Waals surface area (Å²) in [7, 11) is 0. The first-order valence-electron chi connectivity index (χ1n) is 13.7. The zero-order chi connectivity index (χ0) is 26.5. The predicted octanol–water partition coefficient (Wildman–Crippen LogP) is 3.33. The van der Waals surface area contributed by atoms with Gasteiger partial charge < -0.3 is 22.1 Å². The highest BCUT2D eigenvalue weighted by atomic mass is 16.2. The number of likely N-dealkylation sites (tertiary alicyclic amines) is 1. The van der Waals surface area contributed by atoms with Crippen molar-refractivity contribution in [3.8, 4) is 0 Å². The van der Waals surface area contributed by atoms with Crippen molar-refractivity contribution in [1.82, 2.24) is 20.2 Å². The number of carbonyl (C=O) groups is 1. The van der Waals surface area contributed by atoms with Gasteiger partial charge in [0.25, 0.3) is 5.91 Å². The Morgan fingerprint density at radius 3 is 2.55 bits per heavy atom. The number of aliphatic imine (C=N–C) groups is 1. The van der Waals surface area contributed by atoms with Crippen LogP contribution in [0.1, 0.15) is 60.3 Å². The highest BCUT2D eigenvalue weighted by molar-refractivity contribution is 5.96. The second-order valence-corrected chi connectivity index (χ2v) is 10.6. The van der Waals surface area contributed by atoms with E-state index in [0.717, 1.165) is 74.6 Å². The van der Waals surface area contributed by atoms with E-state index in [1.165, 1.54) is 5.56 Å². The van der Waals surface area contributed by atoms with Crippen molar-refractivity contribution < 1.29 is 4.79 Å². The maximum absolute atomic E-state index is 13.3. The van der Waals surface area contributed by atoms with Gasteiger partial charge in [0.15, 0.2) is 5.96 Å². The van der Waals surface area contributed by atoms with Gasteiger partial charge in [0.05, 0.1) is 17.6 Å². The third kappa shape index (κ3) is 6.39. The van der Waals surface area contributed by atoms with Gasteiger partial charge >= 0.3 is 0 Å². The molecule has 1 saturated carbocycles. The number of nitrogens with one attached hydrogen (secondary N) is 2. The first kappa shape index (κ1) is 25.9. The summed E-state index contributed by atoms with van der Waals surface area (Å²) < 4.78 is 0. The fourth-order valence-electron chi connectivity index (χ4n) is 5.58. The Morgan fingerprint density at radius 1 is 1.03 bits per heavy atom. The molecule has 2 atom stereocenters. The van der Waals surface area contributed by atoms with Gasteiger partial charge in [0, 0.05) is 31.1 Å². The number of amides is 1. The SMILES string of the molecule is Cc1ccc2nc(C(=O)NC3CCN(Cc4ccccc4)CC3)nc(NC3CCCCC3N=C(N)N)c2c1. The van der Waals surface area contributed by atoms with Gasteiger partial charge in [-0.05, 0) is 50.3 Å². The summed E-state index contributed by atoms with van der Waals surface area (Å²) in [5, 5.41) is 7.66. The summed E-state index contributed by atoms with van der Waals surface area (Å²) in [6, 6.07) is 16.6. The number of fused-ring (bicyclic) bond motifs is 1. The number of rotatable bonds is 7. The van der Waals surface area contributed by atoms with Crippen LogP contribution in [0.15, 0.2) is 53.5 Å². The molecule has 0 radical (unpaired) electrons. The molecule has 2 aromatic carbocycles. The number of hydrogen-bond donors (Lipinski definition) is 4. The largest absolute Gasteiger partial charge is 0.370 e. The smallest absolute Gasteiger partial charge is 0.289 e. The molecule has 0 spiro atoms. The molecular formula is C29H38N8O. The van der Waals surface area contributed by atoms with E-state index in [0.29, 0.717) is 5.82 Å². The Labute approximate surface area is 224 Å². The number of piperidine rings is 1. The highest BCUT2D eigenvalue weighted by Crippen LogP contribution is 2.28. The molecule has 2 unspecified atom stereocenters. The van der Waals surface area contributed by atoms with E-state index in [9.17, 15) is 4.79 Å². The van der Waals surface area contributed by atoms with E-state index in [-0.39, 0.29) is 35.8 Å². The Bertz CT molecular complexity index is 1280. The van der Waals surface area contributed by atoms with Crippen molar-refractivity contribution in [2.45, 2.75) is 70.1 Å². The van der Waals surface area contributed by atoms with Crippen LogP contribution in [0.2, 0.25) is 0 Å². The van der Waals surface area contributed by atoms with Crippen LogP contribution >= 0.6 is 0 Å². The second kappa shape index (κ2) is 11.8. The van der Waals surface area contributed by atoms with Crippen LogP contribution in [-0.2, 0) is 6.54 Å². The van der Waals surface area contributed by atoms with Crippen molar-refractivity contribution in [2.24, 2.45) is 16.5 Å². The van der Waals surface area contributed by atoms with Gasteiger partial charge in [0.1, 0.15) is 5.82 Å². The molecule has 2 aliphatic rings. The highest BCUT2D eigenvalue weighted by Gasteiger charge is 2.27. The van der Waals surface area contributed by atoms with Gasteiger partial charge in [-0.3, -0.25) is 9.69 Å². The molecule has 1 aliphatic carbocycles. The second-order valence-electron chi connectivity index (χ2n) is 10.6. The summed E-state index contributed by atoms with van der Waals surface area (Å²) in [4.78, 5) is 29.6. The Kier molecular flexibility index (Phi) is 8.03. The molecule has 2 fully saturated rings. The number of nitrogens with two attached hydrogens (primary N) is 2. The molecule has 1 saturated heterocycles. The Morgan fingerprint density at radius 2 is 1.79 bits per heavy atom. The van der Waals surface area contributed by atoms with Crippen LogP contribution in [0, 0.1) is 6.92 Å². The van der Waals surface area contributed by atoms with E-state index < -0.39 is 0 Å². The maximum atomic E-state index is 13.3. The molecular weight excluding hydrogens is 476 g/mol. The van der Waals surface area contributed by atoms with Crippen LogP contribution in [0.5, 0.6) is 0 Å². The summed E-state index contributed by atoms with van der Waals surface area (Å²) >= 11 is 0. The molecule has 6 N–H and O–H groups in total. The lowest BCUT2D eigenvalue weighted by atomic mass is 9.90. The van der Waals surface area contributed by atoms with Gasteiger partial charge in [-0.1, -0.05) is 54.8 Å². The fraction of sp³-hybridized carbons (Fsp3) is 0.448. The first-order chi connectivity index (χ1) is 18.4. The van der Waals surface area contributed by atoms with Gasteiger partial charge in [-0.15, -0.1) is 0 Å². The summed E-state index contributed by atoms with van der Waals surface area (Å²) in [5.74, 6) is 0.706. The van der Waals surface area contributed by atoms with Gasteiger partial charge in [-0.2, -0.15) is 0 Å². The van der Waals surface area contributed by atoms with Crippen LogP contribution in [0.3, 0.4) is 0 Å². The van der Waals surface area contributed by atoms with E-state index in [1.807, 2.05) is 25.1 Å². The number of aromatic nitrogens is 2. The third-order valence-electron chi connectivity index (χ3n) is 7.59. The van der Waals surface area contributed by atoms with Crippen molar-refractivity contribution >= 4 is 28.6 Å². The van der Waals surface area contributed by atoms with Crippen molar-refractivity contribution in [3.05, 3.63) is 65.5 Å². The van der Waals surface area contributed by atoms with Crippen LogP contribution in [0.4, 0.5) is 5.82 Å². The van der Waals surface area contributed by atoms with E-state index >= 15 is 0 Å². The number of aryl methyl sites for hydroxylation is 1. The lowest BCUT2D eigenvalue weighted by Crippen LogP contribution is -2.44. The number of guanidine groups is 1. The topological polar surface area (TPSA) is 135 Å². The average Bonchev–Trinajstić information content (AvgIpc) is 2.91. The Hall–Kier alpha value is -3.72. The number of nitrogens with zero attached hydrogens (tertiary/aromatic N) is 4. The molecule has 0 bridgehead atoms. The van der Waals surface area contributed by atoms with Gasteiger partial charge in [-0.25, -0.2) is 15.0 Å².